The Hall–Kier alpha value is -1.64. The monoisotopic (exact) mass is 316 g/mol. The lowest BCUT2D eigenvalue weighted by Gasteiger charge is -2.07. The number of aryl methyl sites for hydroxylation is 1. The number of halogens is 1. The quantitative estimate of drug-likeness (QED) is 0.800. The molecule has 0 aliphatic carbocycles. The average molecular weight is 317 g/mol. The third-order valence-electron chi connectivity index (χ3n) is 2.46. The van der Waals surface area contributed by atoms with Crippen molar-refractivity contribution in [1.29, 1.82) is 0 Å². The van der Waals surface area contributed by atoms with Gasteiger partial charge in [-0.15, -0.1) is 0 Å². The smallest absolute Gasteiger partial charge is 0.242 e. The van der Waals surface area contributed by atoms with Crippen LogP contribution in [0.5, 0.6) is 0 Å². The van der Waals surface area contributed by atoms with Gasteiger partial charge >= 0.3 is 0 Å². The summed E-state index contributed by atoms with van der Waals surface area (Å²) in [6.45, 7) is 1.80. The van der Waals surface area contributed by atoms with Crippen LogP contribution in [0.3, 0.4) is 0 Å². The lowest BCUT2D eigenvalue weighted by molar-refractivity contribution is 0.387. The Balaban J connectivity index is 2.04. The van der Waals surface area contributed by atoms with Crippen LogP contribution in [0.25, 0.3) is 0 Å². The van der Waals surface area contributed by atoms with Crippen LogP contribution in [0.15, 0.2) is 27.6 Å². The number of nitrogen functional groups attached to an aromatic ring is 1. The van der Waals surface area contributed by atoms with Gasteiger partial charge in [0, 0.05) is 25.6 Å². The molecule has 0 aliphatic rings. The molecule has 0 saturated carbocycles. The minimum absolute atomic E-state index is 0.0161. The van der Waals surface area contributed by atoms with Crippen molar-refractivity contribution in [3.05, 3.63) is 34.9 Å². The van der Waals surface area contributed by atoms with Crippen molar-refractivity contribution in [2.75, 3.05) is 12.3 Å². The van der Waals surface area contributed by atoms with Crippen molar-refractivity contribution in [2.24, 2.45) is 0 Å². The lowest BCUT2D eigenvalue weighted by atomic mass is 10.3. The third-order valence-corrected chi connectivity index (χ3v) is 4.40. The molecular formula is C11H13ClN4O3S. The average Bonchev–Trinajstić information content (AvgIpc) is 2.74. The van der Waals surface area contributed by atoms with Gasteiger partial charge in [-0.1, -0.05) is 16.8 Å². The Bertz CT molecular complexity index is 714. The molecule has 0 radical (unpaired) electrons. The van der Waals surface area contributed by atoms with Gasteiger partial charge in [0.05, 0.1) is 5.02 Å². The van der Waals surface area contributed by atoms with Crippen LogP contribution in [-0.2, 0) is 16.4 Å². The highest BCUT2D eigenvalue weighted by molar-refractivity contribution is 7.89. The SMILES string of the molecule is Cc1nc(CCNS(=O)(=O)c2ccc(N)cc2Cl)no1. The summed E-state index contributed by atoms with van der Waals surface area (Å²) in [6, 6.07) is 4.22. The number of nitrogens with one attached hydrogen (secondary N) is 1. The van der Waals surface area contributed by atoms with Crippen molar-refractivity contribution in [2.45, 2.75) is 18.2 Å². The molecule has 0 saturated heterocycles. The van der Waals surface area contributed by atoms with Crippen molar-refractivity contribution in [1.82, 2.24) is 14.9 Å². The van der Waals surface area contributed by atoms with Crippen LogP contribution in [0.1, 0.15) is 11.7 Å². The number of sulfonamides is 1. The zero-order chi connectivity index (χ0) is 14.8. The number of nitrogens with zero attached hydrogens (tertiary/aromatic N) is 2. The van der Waals surface area contributed by atoms with Crippen LogP contribution in [0, 0.1) is 6.92 Å². The van der Waals surface area contributed by atoms with E-state index in [1.807, 2.05) is 0 Å². The molecule has 0 amide bonds. The topological polar surface area (TPSA) is 111 Å². The molecule has 1 aromatic carbocycles. The van der Waals surface area contributed by atoms with Crippen LogP contribution >= 0.6 is 11.6 Å². The number of aromatic nitrogens is 2. The van der Waals surface area contributed by atoms with E-state index < -0.39 is 10.0 Å². The number of rotatable bonds is 5. The predicted molar refractivity (Wildman–Crippen MR) is 73.8 cm³/mol. The summed E-state index contributed by atoms with van der Waals surface area (Å²) in [5, 5.41) is 3.75. The molecule has 3 N–H and O–H groups in total. The molecule has 2 aromatic rings. The Morgan fingerprint density at radius 1 is 1.45 bits per heavy atom. The molecule has 0 unspecified atom stereocenters. The first kappa shape index (κ1) is 14.8. The first-order valence-corrected chi connectivity index (χ1v) is 7.58. The number of hydrogen-bond acceptors (Lipinski definition) is 6. The van der Waals surface area contributed by atoms with Crippen molar-refractivity contribution >= 4 is 27.3 Å². The highest BCUT2D eigenvalue weighted by atomic mass is 35.5. The number of nitrogens with two attached hydrogens (primary N) is 1. The standard InChI is InChI=1S/C11H13ClN4O3S/c1-7-15-11(16-19-7)4-5-14-20(17,18)10-3-2-8(13)6-9(10)12/h2-3,6,14H,4-5,13H2,1H3. The fourth-order valence-electron chi connectivity index (χ4n) is 1.55. The molecule has 0 fully saturated rings. The normalized spacial score (nSPS) is 11.7. The number of anilines is 1. The molecule has 20 heavy (non-hydrogen) atoms. The molecule has 0 atom stereocenters. The maximum absolute atomic E-state index is 12.1. The van der Waals surface area contributed by atoms with Gasteiger partial charge in [-0.25, -0.2) is 13.1 Å². The van der Waals surface area contributed by atoms with Gasteiger partial charge in [0.2, 0.25) is 15.9 Å². The van der Waals surface area contributed by atoms with Gasteiger partial charge in [0.25, 0.3) is 0 Å². The second-order valence-corrected chi connectivity index (χ2v) is 6.21. The van der Waals surface area contributed by atoms with E-state index in [0.717, 1.165) is 0 Å². The summed E-state index contributed by atoms with van der Waals surface area (Å²) in [6.07, 6.45) is 0.323. The highest BCUT2D eigenvalue weighted by Crippen LogP contribution is 2.23. The Kier molecular flexibility index (Phi) is 4.26. The third kappa shape index (κ3) is 3.47. The van der Waals surface area contributed by atoms with E-state index >= 15 is 0 Å². The van der Waals surface area contributed by atoms with Crippen molar-refractivity contribution in [3.8, 4) is 0 Å². The van der Waals surface area contributed by atoms with Gasteiger partial charge in [0.1, 0.15) is 4.90 Å². The van der Waals surface area contributed by atoms with Crippen molar-refractivity contribution in [3.63, 3.8) is 0 Å². The van der Waals surface area contributed by atoms with Crippen LogP contribution in [0.2, 0.25) is 5.02 Å². The van der Waals surface area contributed by atoms with E-state index in [0.29, 0.717) is 23.8 Å². The summed E-state index contributed by atoms with van der Waals surface area (Å²) in [7, 11) is -3.69. The summed E-state index contributed by atoms with van der Waals surface area (Å²) >= 11 is 5.87. The molecule has 2 rings (SSSR count). The minimum atomic E-state index is -3.69. The van der Waals surface area contributed by atoms with E-state index in [1.54, 1.807) is 6.92 Å². The van der Waals surface area contributed by atoms with Gasteiger partial charge in [-0.3, -0.25) is 0 Å². The summed E-state index contributed by atoms with van der Waals surface area (Å²) in [4.78, 5) is 3.96. The van der Waals surface area contributed by atoms with Crippen LogP contribution in [-0.4, -0.2) is 25.1 Å². The van der Waals surface area contributed by atoms with Gasteiger partial charge in [-0.2, -0.15) is 4.98 Å². The molecule has 1 heterocycles. The molecule has 0 aliphatic heterocycles. The first-order chi connectivity index (χ1) is 9.38. The van der Waals surface area contributed by atoms with Crippen LogP contribution < -0.4 is 10.5 Å². The van der Waals surface area contributed by atoms with Gasteiger partial charge < -0.3 is 10.3 Å². The predicted octanol–water partition coefficient (Wildman–Crippen LogP) is 1.13. The maximum atomic E-state index is 12.1. The van der Waals surface area contributed by atoms with E-state index in [-0.39, 0.29) is 16.5 Å². The molecular weight excluding hydrogens is 304 g/mol. The number of benzene rings is 1. The van der Waals surface area contributed by atoms with E-state index in [4.69, 9.17) is 21.9 Å². The molecule has 108 valence electrons. The molecule has 0 bridgehead atoms. The lowest BCUT2D eigenvalue weighted by Crippen LogP contribution is -2.26. The Labute approximate surface area is 121 Å². The van der Waals surface area contributed by atoms with Gasteiger partial charge in [0.15, 0.2) is 5.82 Å². The molecule has 1 aromatic heterocycles. The minimum Gasteiger partial charge on any atom is -0.399 e. The zero-order valence-electron chi connectivity index (χ0n) is 10.6. The van der Waals surface area contributed by atoms with Gasteiger partial charge in [-0.05, 0) is 18.2 Å². The largest absolute Gasteiger partial charge is 0.399 e. The summed E-state index contributed by atoms with van der Waals surface area (Å²) in [5.74, 6) is 0.873. The summed E-state index contributed by atoms with van der Waals surface area (Å²) in [5.41, 5.74) is 5.92. The van der Waals surface area contributed by atoms with Crippen LogP contribution in [0.4, 0.5) is 5.69 Å². The fourth-order valence-corrected chi connectivity index (χ4v) is 3.14. The Morgan fingerprint density at radius 2 is 2.20 bits per heavy atom. The second kappa shape index (κ2) is 5.78. The summed E-state index contributed by atoms with van der Waals surface area (Å²) < 4.78 is 31.3. The molecule has 9 heteroatoms. The Morgan fingerprint density at radius 3 is 2.80 bits per heavy atom. The van der Waals surface area contributed by atoms with E-state index in [9.17, 15) is 8.42 Å². The van der Waals surface area contributed by atoms with Crippen molar-refractivity contribution < 1.29 is 12.9 Å². The first-order valence-electron chi connectivity index (χ1n) is 5.72. The molecule has 0 spiro atoms. The number of hydrogen-bond donors (Lipinski definition) is 2. The van der Waals surface area contributed by atoms with E-state index in [2.05, 4.69) is 14.9 Å². The fraction of sp³-hybridized carbons (Fsp3) is 0.273. The molecule has 7 nitrogen and oxygen atoms in total. The zero-order valence-corrected chi connectivity index (χ0v) is 12.2. The maximum Gasteiger partial charge on any atom is 0.242 e. The second-order valence-electron chi connectivity index (χ2n) is 4.07. The highest BCUT2D eigenvalue weighted by Gasteiger charge is 2.17. The van der Waals surface area contributed by atoms with E-state index in [1.165, 1.54) is 18.2 Å².